The summed E-state index contributed by atoms with van der Waals surface area (Å²) in [6.45, 7) is 8.26. The largest absolute Gasteiger partial charge is 0.464 e. The Labute approximate surface area is 195 Å². The summed E-state index contributed by atoms with van der Waals surface area (Å²) in [6.07, 6.45) is 0.343. The van der Waals surface area contributed by atoms with E-state index in [9.17, 15) is 4.79 Å². The van der Waals surface area contributed by atoms with Crippen LogP contribution in [0.3, 0.4) is 0 Å². The Balaban J connectivity index is 1.72. The van der Waals surface area contributed by atoms with Crippen LogP contribution in [0.25, 0.3) is 10.8 Å². The molecule has 170 valence electrons. The van der Waals surface area contributed by atoms with E-state index in [1.807, 2.05) is 30.3 Å². The van der Waals surface area contributed by atoms with Crippen LogP contribution in [0.2, 0.25) is 5.82 Å². The topological polar surface area (TPSA) is 48.0 Å². The first-order valence-electron chi connectivity index (χ1n) is 11.5. The standard InChI is InChI=1S/C27H30BNO4/c1-26(2)27(3,4)33-28(32-26)22-17-19-12-7-9-16-23(19)29(25(30)31-5)24(22)21-15-10-13-18-11-6-8-14-20(18)21/h6-16,22,24H,17H2,1-5H3/t22-,24+/m1/s1. The molecular weight excluding hydrogens is 413 g/mol. The molecule has 3 aromatic carbocycles. The van der Waals surface area contributed by atoms with Crippen LogP contribution in [0.5, 0.6) is 0 Å². The van der Waals surface area contributed by atoms with E-state index in [1.165, 1.54) is 7.11 Å². The molecule has 5 rings (SSSR count). The lowest BCUT2D eigenvalue weighted by atomic mass is 9.61. The van der Waals surface area contributed by atoms with Crippen molar-refractivity contribution in [3.8, 4) is 0 Å². The molecule has 0 radical (unpaired) electrons. The van der Waals surface area contributed by atoms with E-state index in [2.05, 4.69) is 64.1 Å². The molecule has 5 nitrogen and oxygen atoms in total. The van der Waals surface area contributed by atoms with Gasteiger partial charge in [0.25, 0.3) is 0 Å². The number of ether oxygens (including phenoxy) is 1. The number of benzene rings is 3. The maximum absolute atomic E-state index is 13.3. The summed E-state index contributed by atoms with van der Waals surface area (Å²) in [5.74, 6) is -0.120. The Kier molecular flexibility index (Phi) is 5.26. The van der Waals surface area contributed by atoms with Crippen LogP contribution in [0.1, 0.15) is 44.9 Å². The Morgan fingerprint density at radius 1 is 0.939 bits per heavy atom. The minimum Gasteiger partial charge on any atom is -0.452 e. The van der Waals surface area contributed by atoms with Crippen molar-refractivity contribution >= 4 is 29.7 Å². The molecule has 2 aliphatic rings. The van der Waals surface area contributed by atoms with E-state index in [0.29, 0.717) is 0 Å². The number of amides is 1. The highest BCUT2D eigenvalue weighted by atomic mass is 16.7. The smallest absolute Gasteiger partial charge is 0.452 e. The molecule has 0 bridgehead atoms. The van der Waals surface area contributed by atoms with Gasteiger partial charge in [0.05, 0.1) is 30.0 Å². The number of nitrogens with zero attached hydrogens (tertiary/aromatic N) is 1. The fourth-order valence-electron chi connectivity index (χ4n) is 5.12. The predicted molar refractivity (Wildman–Crippen MR) is 132 cm³/mol. The van der Waals surface area contributed by atoms with Crippen molar-refractivity contribution < 1.29 is 18.8 Å². The van der Waals surface area contributed by atoms with Crippen molar-refractivity contribution in [1.82, 2.24) is 0 Å². The Morgan fingerprint density at radius 2 is 1.58 bits per heavy atom. The Bertz CT molecular complexity index is 1190. The fourth-order valence-corrected chi connectivity index (χ4v) is 5.12. The first-order chi connectivity index (χ1) is 15.7. The minimum atomic E-state index is -0.473. The molecule has 0 N–H and O–H groups in total. The van der Waals surface area contributed by atoms with Crippen molar-refractivity contribution in [2.45, 2.75) is 57.2 Å². The van der Waals surface area contributed by atoms with E-state index in [1.54, 1.807) is 4.90 Å². The summed E-state index contributed by atoms with van der Waals surface area (Å²) in [5, 5.41) is 2.24. The predicted octanol–water partition coefficient (Wildman–Crippen LogP) is 6.17. The van der Waals surface area contributed by atoms with Crippen molar-refractivity contribution in [3.05, 3.63) is 77.9 Å². The number of carbonyl (C=O) groups excluding carboxylic acids is 1. The van der Waals surface area contributed by atoms with Gasteiger partial charge < -0.3 is 14.0 Å². The van der Waals surface area contributed by atoms with Gasteiger partial charge in [0, 0.05) is 5.82 Å². The second-order valence-electron chi connectivity index (χ2n) is 9.97. The average molecular weight is 443 g/mol. The zero-order valence-corrected chi connectivity index (χ0v) is 19.9. The van der Waals surface area contributed by atoms with Crippen LogP contribution in [0.15, 0.2) is 66.7 Å². The number of hydrogen-bond acceptors (Lipinski definition) is 4. The van der Waals surface area contributed by atoms with E-state index >= 15 is 0 Å². The minimum absolute atomic E-state index is 0.120. The van der Waals surface area contributed by atoms with Gasteiger partial charge in [-0.3, -0.25) is 4.90 Å². The number of methoxy groups -OCH3 is 1. The van der Waals surface area contributed by atoms with Gasteiger partial charge in [-0.2, -0.15) is 0 Å². The summed E-state index contributed by atoms with van der Waals surface area (Å²) >= 11 is 0. The molecule has 3 aromatic rings. The molecular formula is C27H30BNO4. The quantitative estimate of drug-likeness (QED) is 0.445. The van der Waals surface area contributed by atoms with Gasteiger partial charge in [-0.25, -0.2) is 4.79 Å². The third-order valence-electron chi connectivity index (χ3n) is 7.52. The molecule has 1 fully saturated rings. The molecule has 2 aliphatic heterocycles. The van der Waals surface area contributed by atoms with Crippen LogP contribution >= 0.6 is 0 Å². The lowest BCUT2D eigenvalue weighted by Gasteiger charge is -2.42. The number of rotatable bonds is 2. The highest BCUT2D eigenvalue weighted by molar-refractivity contribution is 6.48. The molecule has 6 heteroatoms. The molecule has 2 atom stereocenters. The lowest BCUT2D eigenvalue weighted by Crippen LogP contribution is -2.46. The number of carbonyl (C=O) groups is 1. The zero-order chi connectivity index (χ0) is 23.4. The third-order valence-corrected chi connectivity index (χ3v) is 7.52. The summed E-state index contributed by atoms with van der Waals surface area (Å²) in [7, 11) is 0.961. The van der Waals surface area contributed by atoms with Crippen LogP contribution < -0.4 is 4.90 Å². The Morgan fingerprint density at radius 3 is 2.30 bits per heavy atom. The zero-order valence-electron chi connectivity index (χ0n) is 19.9. The van der Waals surface area contributed by atoms with E-state index in [0.717, 1.165) is 34.0 Å². The van der Waals surface area contributed by atoms with Gasteiger partial charge >= 0.3 is 13.2 Å². The van der Waals surface area contributed by atoms with E-state index in [4.69, 9.17) is 14.0 Å². The number of hydrogen-bond donors (Lipinski definition) is 0. The SMILES string of the molecule is COC(=O)N1c2ccccc2C[C@@H](B2OC(C)(C)C(C)(C)O2)[C@@H]1c1cccc2ccccc12. The normalized spacial score (nSPS) is 23.4. The number of fused-ring (bicyclic) bond motifs is 2. The van der Waals surface area contributed by atoms with Crippen molar-refractivity contribution in [1.29, 1.82) is 0 Å². The van der Waals surface area contributed by atoms with Gasteiger partial charge in [0.15, 0.2) is 0 Å². The molecule has 33 heavy (non-hydrogen) atoms. The molecule has 0 aliphatic carbocycles. The summed E-state index contributed by atoms with van der Waals surface area (Å²) < 4.78 is 18.4. The van der Waals surface area contributed by atoms with Crippen molar-refractivity contribution in [3.63, 3.8) is 0 Å². The third kappa shape index (κ3) is 3.53. The van der Waals surface area contributed by atoms with Gasteiger partial charge in [-0.1, -0.05) is 60.7 Å². The van der Waals surface area contributed by atoms with Gasteiger partial charge in [0.2, 0.25) is 0 Å². The maximum atomic E-state index is 13.3. The van der Waals surface area contributed by atoms with Crippen LogP contribution in [-0.4, -0.2) is 31.5 Å². The second-order valence-corrected chi connectivity index (χ2v) is 9.97. The monoisotopic (exact) mass is 443 g/mol. The number of anilines is 1. The van der Waals surface area contributed by atoms with Gasteiger partial charge in [0.1, 0.15) is 0 Å². The van der Waals surface area contributed by atoms with E-state index < -0.39 is 18.3 Å². The fraction of sp³-hybridized carbons (Fsp3) is 0.370. The Hall–Kier alpha value is -2.83. The van der Waals surface area contributed by atoms with Crippen molar-refractivity contribution in [2.75, 3.05) is 12.0 Å². The molecule has 2 heterocycles. The molecule has 1 amide bonds. The van der Waals surface area contributed by atoms with Gasteiger partial charge in [-0.05, 0) is 62.1 Å². The lowest BCUT2D eigenvalue weighted by molar-refractivity contribution is 0.00578. The maximum Gasteiger partial charge on any atom is 0.464 e. The van der Waals surface area contributed by atoms with Crippen LogP contribution in [0, 0.1) is 0 Å². The average Bonchev–Trinajstić information content (AvgIpc) is 3.03. The number of para-hydroxylation sites is 1. The van der Waals surface area contributed by atoms with Crippen molar-refractivity contribution in [2.24, 2.45) is 0 Å². The summed E-state index contributed by atoms with van der Waals surface area (Å²) in [6, 6.07) is 22.3. The molecule has 0 saturated carbocycles. The van der Waals surface area contributed by atoms with Gasteiger partial charge in [-0.15, -0.1) is 0 Å². The van der Waals surface area contributed by atoms with Crippen LogP contribution in [0.4, 0.5) is 10.5 Å². The molecule has 0 aromatic heterocycles. The van der Waals surface area contributed by atoms with Crippen LogP contribution in [-0.2, 0) is 20.5 Å². The molecule has 0 unspecified atom stereocenters. The second kappa shape index (κ2) is 7.89. The first kappa shape index (κ1) is 22.0. The summed E-state index contributed by atoms with van der Waals surface area (Å²) in [5.41, 5.74) is 2.09. The first-order valence-corrected chi connectivity index (χ1v) is 11.5. The molecule has 0 spiro atoms. The molecule has 1 saturated heterocycles. The van der Waals surface area contributed by atoms with E-state index in [-0.39, 0.29) is 18.0 Å². The summed E-state index contributed by atoms with van der Waals surface area (Å²) in [4.78, 5) is 15.1. The highest BCUT2D eigenvalue weighted by Gasteiger charge is 2.57. The highest BCUT2D eigenvalue weighted by Crippen LogP contribution is 2.52.